The first kappa shape index (κ1) is 17.5. The molecule has 24 heavy (non-hydrogen) atoms. The van der Waals surface area contributed by atoms with Gasteiger partial charge >= 0.3 is 0 Å². The minimum Gasteiger partial charge on any atom is -0.305 e. The molecule has 0 saturated carbocycles. The van der Waals surface area contributed by atoms with Crippen molar-refractivity contribution in [3.05, 3.63) is 62.8 Å². The standard InChI is InChI=1S/C16H11Cl3FN3S/c1-23-15(9-5-6-12(18)13(19)7-9)21-22-16(23)24-8-10-11(17)3-2-4-14(10)20/h2-7H,8H2,1H3. The average molecular weight is 403 g/mol. The van der Waals surface area contributed by atoms with Crippen LogP contribution in [0.5, 0.6) is 0 Å². The van der Waals surface area contributed by atoms with Crippen molar-refractivity contribution in [1.82, 2.24) is 14.8 Å². The molecule has 8 heteroatoms. The molecule has 3 nitrogen and oxygen atoms in total. The lowest BCUT2D eigenvalue weighted by Crippen LogP contribution is -1.96. The Morgan fingerprint density at radius 1 is 1.04 bits per heavy atom. The molecule has 0 saturated heterocycles. The number of thioether (sulfide) groups is 1. The van der Waals surface area contributed by atoms with Gasteiger partial charge in [0.15, 0.2) is 11.0 Å². The predicted octanol–water partition coefficient (Wildman–Crippen LogP) is 5.87. The molecule has 1 aromatic heterocycles. The number of rotatable bonds is 4. The summed E-state index contributed by atoms with van der Waals surface area (Å²) in [4.78, 5) is 0. The first-order valence-corrected chi connectivity index (χ1v) is 9.00. The highest BCUT2D eigenvalue weighted by Crippen LogP contribution is 2.31. The van der Waals surface area contributed by atoms with E-state index in [4.69, 9.17) is 34.8 Å². The normalized spacial score (nSPS) is 11.0. The summed E-state index contributed by atoms with van der Waals surface area (Å²) in [5.41, 5.74) is 1.25. The van der Waals surface area contributed by atoms with E-state index in [1.807, 2.05) is 17.7 Å². The molecule has 124 valence electrons. The summed E-state index contributed by atoms with van der Waals surface area (Å²) in [7, 11) is 1.84. The first-order valence-electron chi connectivity index (χ1n) is 6.88. The Kier molecular flexibility index (Phi) is 5.35. The third kappa shape index (κ3) is 3.54. The van der Waals surface area contributed by atoms with Gasteiger partial charge in [0, 0.05) is 29.0 Å². The van der Waals surface area contributed by atoms with Crippen LogP contribution >= 0.6 is 46.6 Å². The molecule has 0 fully saturated rings. The summed E-state index contributed by atoms with van der Waals surface area (Å²) in [5, 5.41) is 10.3. The second-order valence-corrected chi connectivity index (χ2v) is 7.15. The number of hydrogen-bond acceptors (Lipinski definition) is 3. The Morgan fingerprint density at radius 2 is 1.83 bits per heavy atom. The summed E-state index contributed by atoms with van der Waals surface area (Å²) in [5.74, 6) is 0.677. The zero-order valence-corrected chi connectivity index (χ0v) is 15.5. The fraction of sp³-hybridized carbons (Fsp3) is 0.125. The van der Waals surface area contributed by atoms with Crippen molar-refractivity contribution < 1.29 is 4.39 Å². The highest BCUT2D eigenvalue weighted by Gasteiger charge is 2.14. The van der Waals surface area contributed by atoms with Gasteiger partial charge in [-0.25, -0.2) is 4.39 Å². The van der Waals surface area contributed by atoms with Crippen molar-refractivity contribution in [2.24, 2.45) is 7.05 Å². The maximum Gasteiger partial charge on any atom is 0.191 e. The highest BCUT2D eigenvalue weighted by atomic mass is 35.5. The lowest BCUT2D eigenvalue weighted by atomic mass is 10.2. The average Bonchev–Trinajstić information content (AvgIpc) is 2.91. The third-order valence-electron chi connectivity index (χ3n) is 3.42. The van der Waals surface area contributed by atoms with Crippen molar-refractivity contribution >= 4 is 46.6 Å². The Morgan fingerprint density at radius 3 is 2.54 bits per heavy atom. The Labute approximate surface area is 157 Å². The van der Waals surface area contributed by atoms with Crippen LogP contribution in [0.25, 0.3) is 11.4 Å². The quantitative estimate of drug-likeness (QED) is 0.511. The number of hydrogen-bond donors (Lipinski definition) is 0. The maximum atomic E-state index is 13.8. The molecule has 0 bridgehead atoms. The Hall–Kier alpha value is -1.27. The summed E-state index contributed by atoms with van der Waals surface area (Å²) in [6.07, 6.45) is 0. The van der Waals surface area contributed by atoms with Gasteiger partial charge in [0.05, 0.1) is 10.0 Å². The molecule has 0 radical (unpaired) electrons. The lowest BCUT2D eigenvalue weighted by molar-refractivity contribution is 0.617. The van der Waals surface area contributed by atoms with E-state index in [2.05, 4.69) is 10.2 Å². The summed E-state index contributed by atoms with van der Waals surface area (Å²) in [6, 6.07) is 9.89. The van der Waals surface area contributed by atoms with E-state index < -0.39 is 0 Å². The molecule has 0 atom stereocenters. The number of benzene rings is 2. The summed E-state index contributed by atoms with van der Waals surface area (Å²) < 4.78 is 15.7. The van der Waals surface area contributed by atoms with E-state index in [0.29, 0.717) is 37.4 Å². The second-order valence-electron chi connectivity index (χ2n) is 4.98. The van der Waals surface area contributed by atoms with Crippen LogP contribution in [0.15, 0.2) is 41.6 Å². The van der Waals surface area contributed by atoms with Crippen molar-refractivity contribution in [3.8, 4) is 11.4 Å². The highest BCUT2D eigenvalue weighted by molar-refractivity contribution is 7.98. The van der Waals surface area contributed by atoms with Gasteiger partial charge in [0.1, 0.15) is 5.82 Å². The maximum absolute atomic E-state index is 13.8. The van der Waals surface area contributed by atoms with Crippen LogP contribution in [0.2, 0.25) is 15.1 Å². The zero-order valence-electron chi connectivity index (χ0n) is 12.4. The van der Waals surface area contributed by atoms with E-state index in [0.717, 1.165) is 5.56 Å². The van der Waals surface area contributed by atoms with Gasteiger partial charge < -0.3 is 4.57 Å². The molecule has 1 heterocycles. The van der Waals surface area contributed by atoms with Crippen LogP contribution in [0.4, 0.5) is 4.39 Å². The Balaban J connectivity index is 1.84. The summed E-state index contributed by atoms with van der Waals surface area (Å²) >= 11 is 19.4. The van der Waals surface area contributed by atoms with Gasteiger partial charge in [0.2, 0.25) is 0 Å². The van der Waals surface area contributed by atoms with Gasteiger partial charge in [-0.2, -0.15) is 0 Å². The van der Waals surface area contributed by atoms with Gasteiger partial charge in [-0.3, -0.25) is 0 Å². The monoisotopic (exact) mass is 401 g/mol. The number of aromatic nitrogens is 3. The van der Waals surface area contributed by atoms with E-state index in [-0.39, 0.29) is 5.82 Å². The van der Waals surface area contributed by atoms with Crippen molar-refractivity contribution in [3.63, 3.8) is 0 Å². The number of nitrogens with zero attached hydrogens (tertiary/aromatic N) is 3. The fourth-order valence-electron chi connectivity index (χ4n) is 2.13. The molecule has 0 aliphatic rings. The third-order valence-corrected chi connectivity index (χ3v) is 5.56. The molecule has 3 aromatic rings. The van der Waals surface area contributed by atoms with E-state index in [1.54, 1.807) is 24.3 Å². The minimum absolute atomic E-state index is 0.332. The molecule has 2 aromatic carbocycles. The minimum atomic E-state index is -0.332. The zero-order chi connectivity index (χ0) is 17.3. The van der Waals surface area contributed by atoms with Crippen molar-refractivity contribution in [2.45, 2.75) is 10.9 Å². The van der Waals surface area contributed by atoms with Crippen molar-refractivity contribution in [2.75, 3.05) is 0 Å². The largest absolute Gasteiger partial charge is 0.305 e. The summed E-state index contributed by atoms with van der Waals surface area (Å²) in [6.45, 7) is 0. The smallest absolute Gasteiger partial charge is 0.191 e. The second kappa shape index (κ2) is 7.31. The van der Waals surface area contributed by atoms with Crippen LogP contribution in [-0.2, 0) is 12.8 Å². The van der Waals surface area contributed by atoms with Crippen molar-refractivity contribution in [1.29, 1.82) is 0 Å². The predicted molar refractivity (Wildman–Crippen MR) is 97.4 cm³/mol. The molecule has 3 rings (SSSR count). The van der Waals surface area contributed by atoms with Gasteiger partial charge in [-0.05, 0) is 30.3 Å². The van der Waals surface area contributed by atoms with Gasteiger partial charge in [-0.15, -0.1) is 10.2 Å². The van der Waals surface area contributed by atoms with Crippen LogP contribution in [0.3, 0.4) is 0 Å². The molecule has 0 aliphatic heterocycles. The molecular formula is C16H11Cl3FN3S. The van der Waals surface area contributed by atoms with Gasteiger partial charge in [0.25, 0.3) is 0 Å². The SMILES string of the molecule is Cn1c(SCc2c(F)cccc2Cl)nnc1-c1ccc(Cl)c(Cl)c1. The van der Waals surface area contributed by atoms with E-state index in [1.165, 1.54) is 17.8 Å². The molecular weight excluding hydrogens is 392 g/mol. The van der Waals surface area contributed by atoms with Crippen LogP contribution in [0, 0.1) is 5.82 Å². The van der Waals surface area contributed by atoms with Crippen LogP contribution in [-0.4, -0.2) is 14.8 Å². The van der Waals surface area contributed by atoms with Crippen LogP contribution in [0.1, 0.15) is 5.56 Å². The molecule has 0 N–H and O–H groups in total. The molecule has 0 amide bonds. The Bertz CT molecular complexity index is 878. The van der Waals surface area contributed by atoms with E-state index in [9.17, 15) is 4.39 Å². The van der Waals surface area contributed by atoms with Gasteiger partial charge in [-0.1, -0.05) is 52.6 Å². The molecule has 0 spiro atoms. The van der Waals surface area contributed by atoms with Crippen LogP contribution < -0.4 is 0 Å². The molecule has 0 unspecified atom stereocenters. The first-order chi connectivity index (χ1) is 11.5. The fourth-order valence-corrected chi connectivity index (χ4v) is 3.69. The topological polar surface area (TPSA) is 30.7 Å². The molecule has 0 aliphatic carbocycles. The van der Waals surface area contributed by atoms with E-state index >= 15 is 0 Å². The number of halogens is 4. The lowest BCUT2D eigenvalue weighted by Gasteiger charge is -2.07.